The van der Waals surface area contributed by atoms with Gasteiger partial charge in [0.1, 0.15) is 0 Å². The molecule has 0 amide bonds. The van der Waals surface area contributed by atoms with E-state index in [1.54, 1.807) is 11.3 Å². The number of rotatable bonds is 5. The van der Waals surface area contributed by atoms with Crippen molar-refractivity contribution in [3.63, 3.8) is 0 Å². The van der Waals surface area contributed by atoms with Crippen LogP contribution in [0, 0.1) is 11.3 Å². The van der Waals surface area contributed by atoms with E-state index in [2.05, 4.69) is 48.7 Å². The van der Waals surface area contributed by atoms with Crippen molar-refractivity contribution < 1.29 is 0 Å². The van der Waals surface area contributed by atoms with E-state index < -0.39 is 0 Å². The fourth-order valence-electron chi connectivity index (χ4n) is 2.12. The Kier molecular flexibility index (Phi) is 4.28. The standard InChI is InChI=1S/C14H24N4S/c1-10(14(2,3)4)7-11(17-15)8-12-9-18-5-6-19-13(18)16-12/h5-6,9-11,17H,7-8,15H2,1-4H3. The lowest BCUT2D eigenvalue weighted by molar-refractivity contribution is 0.222. The lowest BCUT2D eigenvalue weighted by Gasteiger charge is -2.30. The summed E-state index contributed by atoms with van der Waals surface area (Å²) in [5.41, 5.74) is 4.36. The van der Waals surface area contributed by atoms with Gasteiger partial charge in [0, 0.05) is 30.2 Å². The molecule has 3 N–H and O–H groups in total. The summed E-state index contributed by atoms with van der Waals surface area (Å²) in [6, 6.07) is 0.277. The van der Waals surface area contributed by atoms with Gasteiger partial charge in [0.05, 0.1) is 5.69 Å². The van der Waals surface area contributed by atoms with E-state index in [-0.39, 0.29) is 6.04 Å². The van der Waals surface area contributed by atoms with E-state index in [1.165, 1.54) is 0 Å². The van der Waals surface area contributed by atoms with Gasteiger partial charge in [-0.15, -0.1) is 11.3 Å². The van der Waals surface area contributed by atoms with Crippen LogP contribution >= 0.6 is 11.3 Å². The molecule has 2 atom stereocenters. The molecular weight excluding hydrogens is 256 g/mol. The molecule has 19 heavy (non-hydrogen) atoms. The predicted molar refractivity (Wildman–Crippen MR) is 81.1 cm³/mol. The van der Waals surface area contributed by atoms with Crippen LogP contribution in [0.4, 0.5) is 0 Å². The van der Waals surface area contributed by atoms with Crippen molar-refractivity contribution in [2.45, 2.75) is 46.6 Å². The highest BCUT2D eigenvalue weighted by Crippen LogP contribution is 2.29. The van der Waals surface area contributed by atoms with Gasteiger partial charge in [-0.1, -0.05) is 27.7 Å². The van der Waals surface area contributed by atoms with Gasteiger partial charge in [-0.3, -0.25) is 15.7 Å². The molecule has 0 aromatic carbocycles. The number of nitrogens with zero attached hydrogens (tertiary/aromatic N) is 2. The maximum atomic E-state index is 5.70. The van der Waals surface area contributed by atoms with Crippen molar-refractivity contribution in [2.24, 2.45) is 17.2 Å². The maximum Gasteiger partial charge on any atom is 0.193 e. The number of nitrogens with one attached hydrogen (secondary N) is 1. The van der Waals surface area contributed by atoms with Gasteiger partial charge in [0.15, 0.2) is 4.96 Å². The second-order valence-electron chi connectivity index (χ2n) is 6.40. The van der Waals surface area contributed by atoms with Crippen LogP contribution in [-0.4, -0.2) is 15.4 Å². The lowest BCUT2D eigenvalue weighted by atomic mass is 9.78. The molecule has 2 heterocycles. The molecule has 4 nitrogen and oxygen atoms in total. The number of hydrogen-bond donors (Lipinski definition) is 2. The van der Waals surface area contributed by atoms with Crippen LogP contribution in [0.1, 0.15) is 39.8 Å². The van der Waals surface area contributed by atoms with E-state index >= 15 is 0 Å². The SMILES string of the molecule is CC(CC(Cc1cn2ccsc2n1)NN)C(C)(C)C. The topological polar surface area (TPSA) is 55.3 Å². The fraction of sp³-hybridized carbons (Fsp3) is 0.643. The fourth-order valence-corrected chi connectivity index (χ4v) is 2.84. The summed E-state index contributed by atoms with van der Waals surface area (Å²) in [6.45, 7) is 9.11. The van der Waals surface area contributed by atoms with Crippen LogP contribution in [-0.2, 0) is 6.42 Å². The largest absolute Gasteiger partial charge is 0.297 e. The molecule has 2 aromatic heterocycles. The molecule has 2 rings (SSSR count). The molecule has 2 aromatic rings. The van der Waals surface area contributed by atoms with E-state index in [0.29, 0.717) is 11.3 Å². The Balaban J connectivity index is 2.01. The zero-order valence-electron chi connectivity index (χ0n) is 12.2. The molecule has 0 bridgehead atoms. The van der Waals surface area contributed by atoms with Gasteiger partial charge < -0.3 is 0 Å². The summed E-state index contributed by atoms with van der Waals surface area (Å²) in [7, 11) is 0. The number of fused-ring (bicyclic) bond motifs is 1. The van der Waals surface area contributed by atoms with E-state index in [0.717, 1.165) is 23.5 Å². The van der Waals surface area contributed by atoms with Gasteiger partial charge in [0.25, 0.3) is 0 Å². The number of hydrazine groups is 1. The zero-order valence-corrected chi connectivity index (χ0v) is 13.0. The van der Waals surface area contributed by atoms with Gasteiger partial charge in [-0.25, -0.2) is 4.98 Å². The van der Waals surface area contributed by atoms with E-state index in [4.69, 9.17) is 5.84 Å². The predicted octanol–water partition coefficient (Wildman–Crippen LogP) is 2.84. The molecule has 0 saturated carbocycles. The molecule has 0 aliphatic carbocycles. The van der Waals surface area contributed by atoms with Crippen molar-refractivity contribution in [1.82, 2.24) is 14.8 Å². The Labute approximate surface area is 119 Å². The molecule has 0 radical (unpaired) electrons. The van der Waals surface area contributed by atoms with Crippen LogP contribution < -0.4 is 11.3 Å². The molecule has 106 valence electrons. The zero-order chi connectivity index (χ0) is 14.0. The first-order chi connectivity index (χ1) is 8.90. The summed E-state index contributed by atoms with van der Waals surface area (Å²) >= 11 is 1.66. The van der Waals surface area contributed by atoms with Crippen molar-refractivity contribution in [1.29, 1.82) is 0 Å². The third-order valence-electron chi connectivity index (χ3n) is 3.95. The number of nitrogens with two attached hydrogens (primary N) is 1. The summed E-state index contributed by atoms with van der Waals surface area (Å²) in [4.78, 5) is 5.67. The van der Waals surface area contributed by atoms with Crippen LogP contribution in [0.3, 0.4) is 0 Å². The molecule has 0 aliphatic heterocycles. The summed E-state index contributed by atoms with van der Waals surface area (Å²) in [5, 5.41) is 2.05. The van der Waals surface area contributed by atoms with Crippen molar-refractivity contribution in [2.75, 3.05) is 0 Å². The monoisotopic (exact) mass is 280 g/mol. The summed E-state index contributed by atoms with van der Waals surface area (Å²) < 4.78 is 2.07. The number of imidazole rings is 1. The third-order valence-corrected chi connectivity index (χ3v) is 4.72. The molecule has 0 aliphatic rings. The maximum absolute atomic E-state index is 5.70. The molecule has 0 fully saturated rings. The molecule has 0 saturated heterocycles. The summed E-state index contributed by atoms with van der Waals surface area (Å²) in [6.07, 6.45) is 6.08. The van der Waals surface area contributed by atoms with Crippen LogP contribution in [0.15, 0.2) is 17.8 Å². The Morgan fingerprint density at radius 2 is 2.21 bits per heavy atom. The third kappa shape index (κ3) is 3.55. The molecular formula is C14H24N4S. The highest BCUT2D eigenvalue weighted by molar-refractivity contribution is 7.15. The number of hydrogen-bond acceptors (Lipinski definition) is 4. The average Bonchev–Trinajstić information content (AvgIpc) is 2.86. The highest BCUT2D eigenvalue weighted by Gasteiger charge is 2.23. The van der Waals surface area contributed by atoms with Gasteiger partial charge in [-0.2, -0.15) is 0 Å². The molecule has 2 unspecified atom stereocenters. The normalized spacial score (nSPS) is 15.8. The van der Waals surface area contributed by atoms with Crippen molar-refractivity contribution >= 4 is 16.3 Å². The average molecular weight is 280 g/mol. The Morgan fingerprint density at radius 1 is 1.47 bits per heavy atom. The summed E-state index contributed by atoms with van der Waals surface area (Å²) in [5.74, 6) is 6.31. The second-order valence-corrected chi connectivity index (χ2v) is 7.27. The Morgan fingerprint density at radius 3 is 2.79 bits per heavy atom. The Bertz CT molecular complexity index is 494. The van der Waals surface area contributed by atoms with Gasteiger partial charge in [0.2, 0.25) is 0 Å². The second kappa shape index (κ2) is 5.61. The van der Waals surface area contributed by atoms with Crippen LogP contribution in [0.5, 0.6) is 0 Å². The van der Waals surface area contributed by atoms with Crippen LogP contribution in [0.2, 0.25) is 0 Å². The number of aromatic nitrogens is 2. The van der Waals surface area contributed by atoms with Gasteiger partial charge in [-0.05, 0) is 17.8 Å². The molecule has 5 heteroatoms. The van der Waals surface area contributed by atoms with Crippen LogP contribution in [0.25, 0.3) is 4.96 Å². The molecule has 0 spiro atoms. The number of thiazole rings is 1. The van der Waals surface area contributed by atoms with Crippen molar-refractivity contribution in [3.8, 4) is 0 Å². The minimum atomic E-state index is 0.277. The van der Waals surface area contributed by atoms with Crippen molar-refractivity contribution in [3.05, 3.63) is 23.5 Å². The highest BCUT2D eigenvalue weighted by atomic mass is 32.1. The van der Waals surface area contributed by atoms with E-state index in [1.807, 2.05) is 11.6 Å². The quantitative estimate of drug-likeness (QED) is 0.654. The first-order valence-electron chi connectivity index (χ1n) is 6.77. The lowest BCUT2D eigenvalue weighted by Crippen LogP contribution is -2.39. The minimum absolute atomic E-state index is 0.277. The van der Waals surface area contributed by atoms with E-state index in [9.17, 15) is 0 Å². The first kappa shape index (κ1) is 14.5. The minimum Gasteiger partial charge on any atom is -0.297 e. The Hall–Kier alpha value is -0.910. The first-order valence-corrected chi connectivity index (χ1v) is 7.65. The smallest absolute Gasteiger partial charge is 0.193 e. The van der Waals surface area contributed by atoms with Gasteiger partial charge >= 0.3 is 0 Å².